The lowest BCUT2D eigenvalue weighted by atomic mass is 10.2. The molecule has 0 saturated carbocycles. The lowest BCUT2D eigenvalue weighted by Crippen LogP contribution is -3.00. The van der Waals surface area contributed by atoms with E-state index in [2.05, 4.69) is 0 Å². The Labute approximate surface area is 132 Å². The van der Waals surface area contributed by atoms with E-state index in [-0.39, 0.29) is 22.7 Å². The number of halogens is 1. The molecule has 2 N–H and O–H groups in total. The maximum atomic E-state index is 10.7. The molecule has 114 valence electrons. The molecular formula is C13H17BrN4O3. The Hall–Kier alpha value is -2.09. The van der Waals surface area contributed by atoms with E-state index in [4.69, 9.17) is 10.5 Å². The number of aromatic nitrogens is 2. The van der Waals surface area contributed by atoms with Gasteiger partial charge in [0.15, 0.2) is 13.2 Å². The summed E-state index contributed by atoms with van der Waals surface area (Å²) >= 11 is 0. The number of nitrogens with two attached hydrogens (primary N) is 1. The van der Waals surface area contributed by atoms with Crippen LogP contribution in [0.3, 0.4) is 0 Å². The highest BCUT2D eigenvalue weighted by molar-refractivity contribution is 5.57. The van der Waals surface area contributed by atoms with Crippen molar-refractivity contribution in [2.75, 3.05) is 12.3 Å². The van der Waals surface area contributed by atoms with Crippen molar-refractivity contribution in [2.45, 2.75) is 13.0 Å². The maximum absolute atomic E-state index is 10.7. The first kappa shape index (κ1) is 17.0. The third kappa shape index (κ3) is 4.45. The van der Waals surface area contributed by atoms with Crippen LogP contribution in [0.5, 0.6) is 5.75 Å². The molecule has 1 heterocycles. The summed E-state index contributed by atoms with van der Waals surface area (Å²) in [7, 11) is 1.96. The third-order valence-corrected chi connectivity index (χ3v) is 2.96. The number of hydrogen-bond acceptors (Lipinski definition) is 4. The van der Waals surface area contributed by atoms with Gasteiger partial charge in [0, 0.05) is 18.6 Å². The zero-order valence-electron chi connectivity index (χ0n) is 11.6. The number of aryl methyl sites for hydroxylation is 2. The summed E-state index contributed by atoms with van der Waals surface area (Å²) in [5, 5.41) is 10.7. The molecule has 1 aromatic carbocycles. The Morgan fingerprint density at radius 3 is 2.86 bits per heavy atom. The minimum absolute atomic E-state index is 0. The molecule has 0 fully saturated rings. The Kier molecular flexibility index (Phi) is 6.16. The summed E-state index contributed by atoms with van der Waals surface area (Å²) in [5.41, 5.74) is 6.12. The highest BCUT2D eigenvalue weighted by Gasteiger charge is 2.10. The average Bonchev–Trinajstić information content (AvgIpc) is 2.82. The highest BCUT2D eigenvalue weighted by atomic mass is 79.9. The minimum Gasteiger partial charge on any atom is -1.00 e. The monoisotopic (exact) mass is 356 g/mol. The number of nitro benzene ring substituents is 1. The van der Waals surface area contributed by atoms with Crippen molar-refractivity contribution in [3.8, 4) is 5.75 Å². The molecular weight excluding hydrogens is 340 g/mol. The quantitative estimate of drug-likeness (QED) is 0.219. The van der Waals surface area contributed by atoms with Gasteiger partial charge in [0.25, 0.3) is 5.69 Å². The molecule has 0 aliphatic rings. The van der Waals surface area contributed by atoms with Crippen molar-refractivity contribution in [1.82, 2.24) is 4.68 Å². The summed E-state index contributed by atoms with van der Waals surface area (Å²) < 4.78 is 9.53. The third-order valence-electron chi connectivity index (χ3n) is 2.96. The number of nitrogens with zero attached hydrogens (tertiary/aromatic N) is 3. The van der Waals surface area contributed by atoms with Crippen LogP contribution in [0.1, 0.15) is 6.42 Å². The number of ether oxygens (including phenoxy) is 1. The first-order valence-electron chi connectivity index (χ1n) is 6.25. The largest absolute Gasteiger partial charge is 1.00 e. The number of nitro groups is 1. The second kappa shape index (κ2) is 7.63. The zero-order valence-corrected chi connectivity index (χ0v) is 13.2. The van der Waals surface area contributed by atoms with Crippen molar-refractivity contribution < 1.29 is 31.3 Å². The predicted octanol–water partition coefficient (Wildman–Crippen LogP) is -1.72. The van der Waals surface area contributed by atoms with Crippen molar-refractivity contribution >= 4 is 11.4 Å². The average molecular weight is 357 g/mol. The van der Waals surface area contributed by atoms with E-state index in [0.29, 0.717) is 18.0 Å². The number of anilines is 1. The van der Waals surface area contributed by atoms with Gasteiger partial charge in [-0.3, -0.25) is 10.1 Å². The maximum Gasteiger partial charge on any atom is 0.273 e. The fourth-order valence-electron chi connectivity index (χ4n) is 1.86. The van der Waals surface area contributed by atoms with Crippen LogP contribution in [0.15, 0.2) is 36.7 Å². The lowest BCUT2D eigenvalue weighted by molar-refractivity contribution is -0.753. The van der Waals surface area contributed by atoms with E-state index in [9.17, 15) is 10.1 Å². The number of benzene rings is 1. The molecule has 7 nitrogen and oxygen atoms in total. The predicted molar refractivity (Wildman–Crippen MR) is 73.2 cm³/mol. The summed E-state index contributed by atoms with van der Waals surface area (Å²) in [6.45, 7) is 1.25. The number of non-ortho nitro benzene ring substituents is 1. The van der Waals surface area contributed by atoms with E-state index in [1.165, 1.54) is 18.2 Å². The molecule has 0 saturated heterocycles. The Morgan fingerprint density at radius 1 is 1.48 bits per heavy atom. The van der Waals surface area contributed by atoms with Crippen LogP contribution in [0.2, 0.25) is 0 Å². The molecule has 21 heavy (non-hydrogen) atoms. The van der Waals surface area contributed by atoms with Crippen LogP contribution in [0.25, 0.3) is 0 Å². The Balaban J connectivity index is 0.00000220. The number of rotatable bonds is 6. The fraction of sp³-hybridized carbons (Fsp3) is 0.308. The molecule has 2 rings (SSSR count). The van der Waals surface area contributed by atoms with E-state index in [0.717, 1.165) is 13.0 Å². The molecule has 0 atom stereocenters. The zero-order chi connectivity index (χ0) is 14.5. The molecule has 2 aromatic rings. The fourth-order valence-corrected chi connectivity index (χ4v) is 1.86. The van der Waals surface area contributed by atoms with Crippen molar-refractivity contribution in [2.24, 2.45) is 7.05 Å². The van der Waals surface area contributed by atoms with Gasteiger partial charge in [-0.05, 0) is 6.07 Å². The molecule has 0 amide bonds. The lowest BCUT2D eigenvalue weighted by Gasteiger charge is -2.08. The van der Waals surface area contributed by atoms with Crippen LogP contribution in [0, 0.1) is 10.1 Å². The minimum atomic E-state index is -0.466. The van der Waals surface area contributed by atoms with Crippen LogP contribution in [-0.4, -0.2) is 16.2 Å². The van der Waals surface area contributed by atoms with Gasteiger partial charge in [-0.25, -0.2) is 0 Å². The summed E-state index contributed by atoms with van der Waals surface area (Å²) in [6, 6.07) is 6.16. The smallest absolute Gasteiger partial charge is 0.273 e. The Bertz CT molecular complexity index is 615. The van der Waals surface area contributed by atoms with Crippen LogP contribution < -0.4 is 32.1 Å². The van der Waals surface area contributed by atoms with Crippen molar-refractivity contribution in [3.63, 3.8) is 0 Å². The second-order valence-corrected chi connectivity index (χ2v) is 4.41. The molecule has 8 heteroatoms. The van der Waals surface area contributed by atoms with Gasteiger partial charge in [0.05, 0.1) is 36.0 Å². The summed E-state index contributed by atoms with van der Waals surface area (Å²) in [4.78, 5) is 10.2. The highest BCUT2D eigenvalue weighted by Crippen LogP contribution is 2.26. The van der Waals surface area contributed by atoms with Crippen LogP contribution in [0.4, 0.5) is 11.4 Å². The van der Waals surface area contributed by atoms with Gasteiger partial charge < -0.3 is 27.5 Å². The topological polar surface area (TPSA) is 87.2 Å². The van der Waals surface area contributed by atoms with Gasteiger partial charge in [0.2, 0.25) is 0 Å². The standard InChI is InChI=1S/C13H17N4O3.BrH/c1-15-6-2-7-16(15)8-3-9-20-13-10-11(17(18)19)4-5-12(13)14;/h2,4-7,10H,3,8-9,14H2,1H3;1H/q+1;/p-1. The van der Waals surface area contributed by atoms with Gasteiger partial charge in [-0.15, -0.1) is 4.68 Å². The molecule has 0 aliphatic carbocycles. The molecule has 0 radical (unpaired) electrons. The molecule has 1 aromatic heterocycles. The first-order valence-corrected chi connectivity index (χ1v) is 6.25. The van der Waals surface area contributed by atoms with Gasteiger partial charge >= 0.3 is 0 Å². The molecule has 0 unspecified atom stereocenters. The van der Waals surface area contributed by atoms with E-state index in [1.807, 2.05) is 34.9 Å². The summed E-state index contributed by atoms with van der Waals surface area (Å²) in [5.74, 6) is 0.357. The molecule has 0 spiro atoms. The van der Waals surface area contributed by atoms with E-state index < -0.39 is 4.92 Å². The summed E-state index contributed by atoms with van der Waals surface area (Å²) in [6.07, 6.45) is 4.71. The van der Waals surface area contributed by atoms with Crippen molar-refractivity contribution in [1.29, 1.82) is 0 Å². The van der Waals surface area contributed by atoms with Gasteiger partial charge in [-0.2, -0.15) is 4.68 Å². The number of nitrogen functional groups attached to an aromatic ring is 1. The number of hydrogen-bond donors (Lipinski definition) is 1. The second-order valence-electron chi connectivity index (χ2n) is 4.41. The van der Waals surface area contributed by atoms with E-state index >= 15 is 0 Å². The van der Waals surface area contributed by atoms with Crippen LogP contribution >= 0.6 is 0 Å². The molecule has 0 bridgehead atoms. The SMILES string of the molecule is C[n+]1cccn1CCCOc1cc([N+](=O)[O-])ccc1N.[Br-]. The van der Waals surface area contributed by atoms with Crippen LogP contribution in [-0.2, 0) is 13.6 Å². The normalized spacial score (nSPS) is 9.95. The molecule has 0 aliphatic heterocycles. The van der Waals surface area contributed by atoms with Gasteiger partial charge in [0.1, 0.15) is 5.75 Å². The van der Waals surface area contributed by atoms with E-state index in [1.54, 1.807) is 0 Å². The first-order chi connectivity index (χ1) is 9.58. The van der Waals surface area contributed by atoms with Gasteiger partial charge in [-0.1, -0.05) is 0 Å². The van der Waals surface area contributed by atoms with Crippen molar-refractivity contribution in [3.05, 3.63) is 46.8 Å². The Morgan fingerprint density at radius 2 is 2.24 bits per heavy atom.